The van der Waals surface area contributed by atoms with Gasteiger partial charge in [-0.1, -0.05) is 36.7 Å². The molecule has 1 spiro atoms. The van der Waals surface area contributed by atoms with Gasteiger partial charge in [-0.3, -0.25) is 23.9 Å². The quantitative estimate of drug-likeness (QED) is 0.318. The van der Waals surface area contributed by atoms with E-state index >= 15 is 0 Å². The van der Waals surface area contributed by atoms with Gasteiger partial charge in [0.2, 0.25) is 5.88 Å². The number of ether oxygens (including phenoxy) is 3. The highest BCUT2D eigenvalue weighted by atomic mass is 35.5. The van der Waals surface area contributed by atoms with E-state index in [1.54, 1.807) is 20.2 Å². The maximum absolute atomic E-state index is 14.7. The maximum atomic E-state index is 14.7. The number of halogens is 1. The van der Waals surface area contributed by atoms with Crippen LogP contribution in [0.3, 0.4) is 0 Å². The lowest BCUT2D eigenvalue weighted by Crippen LogP contribution is -2.60. The van der Waals surface area contributed by atoms with Crippen LogP contribution in [0.1, 0.15) is 70.9 Å². The van der Waals surface area contributed by atoms with Crippen LogP contribution in [0.25, 0.3) is 0 Å². The number of rotatable bonds is 5. The Morgan fingerprint density at radius 2 is 1.96 bits per heavy atom. The van der Waals surface area contributed by atoms with E-state index in [0.29, 0.717) is 30.6 Å². The van der Waals surface area contributed by atoms with Gasteiger partial charge in [-0.05, 0) is 97.7 Å². The standard InChI is InChI=1S/C41H51ClN6O6S/c1-26-7-5-9-35(47-20-31(21-47)52-3)32-13-10-29(32)19-48-24-41(16-6-8-27-17-30(42)12-14-34(27)41)25-54-37-15-11-28(18-36(37)48)38(49)44-55(51,23-26)45-39(50)33-22-46(2)43-40(33)53-4/h5,9,11-12,14-15,17-18,22,26,29,31-32,35H,6-8,10,13,16,19-21,23-25H2,1-4H3,(H,44,45,49,50,51)/b9-5-/t26-,29-,32+,35?,41-,55?/m0/s1. The van der Waals surface area contributed by atoms with E-state index < -0.39 is 21.7 Å². The van der Waals surface area contributed by atoms with Gasteiger partial charge in [0.15, 0.2) is 0 Å². The molecule has 2 fully saturated rings. The van der Waals surface area contributed by atoms with Crippen molar-refractivity contribution in [2.45, 2.75) is 63.0 Å². The first-order chi connectivity index (χ1) is 26.5. The Hall–Kier alpha value is -3.91. The molecule has 0 radical (unpaired) electrons. The lowest BCUT2D eigenvalue weighted by molar-refractivity contribution is -0.0675. The molecule has 1 saturated heterocycles. The van der Waals surface area contributed by atoms with Crippen LogP contribution < -0.4 is 19.1 Å². The van der Waals surface area contributed by atoms with Crippen LogP contribution in [0, 0.1) is 17.8 Å². The average Bonchev–Trinajstić information content (AvgIpc) is 3.44. The number of fused-ring (bicyclic) bond motifs is 4. The van der Waals surface area contributed by atoms with Crippen LogP contribution in [0.4, 0.5) is 5.69 Å². The number of carbonyl (C=O) groups excluding carboxylic acids is 2. The Morgan fingerprint density at radius 3 is 2.73 bits per heavy atom. The molecule has 5 aliphatic rings. The second-order valence-electron chi connectivity index (χ2n) is 16.2. The van der Waals surface area contributed by atoms with Gasteiger partial charge in [0.25, 0.3) is 11.8 Å². The molecule has 1 N–H and O–H groups in total. The number of nitrogens with one attached hydrogen (secondary N) is 1. The van der Waals surface area contributed by atoms with Crippen molar-refractivity contribution < 1.29 is 28.0 Å². The lowest BCUT2D eigenvalue weighted by Gasteiger charge is -2.52. The number of nitrogens with zero attached hydrogens (tertiary/aromatic N) is 5. The molecule has 14 heteroatoms. The third-order valence-corrected chi connectivity index (χ3v) is 14.6. The predicted molar refractivity (Wildman–Crippen MR) is 213 cm³/mol. The fourth-order valence-electron chi connectivity index (χ4n) is 9.37. The summed E-state index contributed by atoms with van der Waals surface area (Å²) in [6.45, 7) is 5.77. The van der Waals surface area contributed by atoms with Crippen molar-refractivity contribution in [3.63, 3.8) is 0 Å². The highest BCUT2D eigenvalue weighted by Gasteiger charge is 2.46. The predicted octanol–water partition coefficient (Wildman–Crippen LogP) is 5.83. The number of hydrogen-bond donors (Lipinski definition) is 1. The number of benzene rings is 2. The second kappa shape index (κ2) is 15.2. The molecule has 12 nitrogen and oxygen atoms in total. The van der Waals surface area contributed by atoms with Crippen LogP contribution in [-0.4, -0.2) is 95.6 Å². The van der Waals surface area contributed by atoms with Gasteiger partial charge in [-0.25, -0.2) is 4.21 Å². The first kappa shape index (κ1) is 38.0. The van der Waals surface area contributed by atoms with Crippen LogP contribution in [-0.2, 0) is 33.5 Å². The topological polar surface area (TPSA) is 128 Å². The number of carbonyl (C=O) groups is 2. The lowest BCUT2D eigenvalue weighted by atomic mass is 9.67. The number of amides is 2. The molecule has 2 bridgehead atoms. The zero-order chi connectivity index (χ0) is 38.5. The van der Waals surface area contributed by atoms with E-state index in [4.69, 9.17) is 25.8 Å². The van der Waals surface area contributed by atoms with Crippen molar-refractivity contribution in [2.24, 2.45) is 29.2 Å². The van der Waals surface area contributed by atoms with Crippen LogP contribution >= 0.6 is 11.6 Å². The monoisotopic (exact) mass is 790 g/mol. The molecule has 294 valence electrons. The fraction of sp³-hybridized carbons (Fsp3) is 0.537. The first-order valence-corrected chi connectivity index (χ1v) is 21.5. The summed E-state index contributed by atoms with van der Waals surface area (Å²) in [5.74, 6) is 0.154. The Kier molecular flexibility index (Phi) is 10.5. The number of aromatic nitrogens is 2. The molecular formula is C41H51ClN6O6S. The number of allylic oxidation sites excluding steroid dienone is 1. The number of hydrogen-bond acceptors (Lipinski definition) is 9. The van der Waals surface area contributed by atoms with Gasteiger partial charge in [-0.15, -0.1) is 9.46 Å². The molecule has 6 atom stereocenters. The Morgan fingerprint density at radius 1 is 1.13 bits per heavy atom. The van der Waals surface area contributed by atoms with Gasteiger partial charge in [0.1, 0.15) is 21.2 Å². The first-order valence-electron chi connectivity index (χ1n) is 19.4. The van der Waals surface area contributed by atoms with E-state index in [1.165, 1.54) is 29.1 Å². The second-order valence-corrected chi connectivity index (χ2v) is 18.7. The SMILES string of the molecule is COc1nn(C)cc1C(=O)NS1(=O)=NC(=O)c2ccc3c(c2)N(C[C@@H]2CC[C@H]2C(N2CC(OC)C2)/C=C\C[C@H](C)C1)C[C@@]1(CCCc2cc(Cl)ccc21)CO3. The van der Waals surface area contributed by atoms with E-state index in [2.05, 4.69) is 48.3 Å². The summed E-state index contributed by atoms with van der Waals surface area (Å²) < 4.78 is 40.9. The highest BCUT2D eigenvalue weighted by Crippen LogP contribution is 2.47. The van der Waals surface area contributed by atoms with Crippen molar-refractivity contribution in [1.29, 1.82) is 0 Å². The molecule has 2 unspecified atom stereocenters. The van der Waals surface area contributed by atoms with E-state index in [9.17, 15) is 13.8 Å². The third-order valence-electron chi connectivity index (χ3n) is 12.4. The zero-order valence-electron chi connectivity index (χ0n) is 32.0. The molecule has 3 aromatic rings. The number of likely N-dealkylation sites (tertiary alicyclic amines) is 1. The van der Waals surface area contributed by atoms with Gasteiger partial charge < -0.3 is 19.1 Å². The highest BCUT2D eigenvalue weighted by molar-refractivity contribution is 7.92. The Bertz CT molecular complexity index is 2120. The summed E-state index contributed by atoms with van der Waals surface area (Å²) in [7, 11) is 1.25. The molecule has 3 aliphatic heterocycles. The summed E-state index contributed by atoms with van der Waals surface area (Å²) in [5.41, 5.74) is 3.50. The van der Waals surface area contributed by atoms with Gasteiger partial charge in [0.05, 0.1) is 31.3 Å². The Balaban J connectivity index is 1.20. The smallest absolute Gasteiger partial charge is 0.286 e. The normalized spacial score (nSPS) is 30.4. The molecule has 1 aromatic heterocycles. The van der Waals surface area contributed by atoms with Crippen molar-refractivity contribution >= 4 is 39.0 Å². The minimum atomic E-state index is -3.60. The molecule has 2 aliphatic carbocycles. The molecule has 55 heavy (non-hydrogen) atoms. The largest absolute Gasteiger partial charge is 0.490 e. The summed E-state index contributed by atoms with van der Waals surface area (Å²) in [4.78, 5) is 32.7. The van der Waals surface area contributed by atoms with Gasteiger partial charge in [0, 0.05) is 68.6 Å². The summed E-state index contributed by atoms with van der Waals surface area (Å²) >= 11 is 6.50. The summed E-state index contributed by atoms with van der Waals surface area (Å²) in [5, 5.41) is 4.92. The minimum Gasteiger partial charge on any atom is -0.490 e. The Labute approximate surface area is 328 Å². The number of methoxy groups -OCH3 is 2. The average molecular weight is 791 g/mol. The van der Waals surface area contributed by atoms with E-state index in [1.807, 2.05) is 25.1 Å². The van der Waals surface area contributed by atoms with Gasteiger partial charge in [-0.2, -0.15) is 0 Å². The molecule has 4 heterocycles. The third kappa shape index (κ3) is 7.52. The maximum Gasteiger partial charge on any atom is 0.286 e. The van der Waals surface area contributed by atoms with Crippen LogP contribution in [0.5, 0.6) is 11.6 Å². The molecular weight excluding hydrogens is 740 g/mol. The summed E-state index contributed by atoms with van der Waals surface area (Å²) in [6, 6.07) is 11.9. The zero-order valence-corrected chi connectivity index (χ0v) is 33.6. The number of anilines is 1. The number of aryl methyl sites for hydroxylation is 2. The molecule has 2 aromatic carbocycles. The van der Waals surface area contributed by atoms with Crippen molar-refractivity contribution in [2.75, 3.05) is 57.7 Å². The van der Waals surface area contributed by atoms with Crippen LogP contribution in [0.15, 0.2) is 59.1 Å². The van der Waals surface area contributed by atoms with Crippen molar-refractivity contribution in [3.05, 3.63) is 82.0 Å². The minimum absolute atomic E-state index is 0.0182. The van der Waals surface area contributed by atoms with E-state index in [0.717, 1.165) is 69.0 Å². The van der Waals surface area contributed by atoms with Crippen molar-refractivity contribution in [1.82, 2.24) is 19.4 Å². The molecule has 2 amide bonds. The fourth-order valence-corrected chi connectivity index (χ4v) is 11.4. The van der Waals surface area contributed by atoms with Crippen LogP contribution in [0.2, 0.25) is 5.02 Å². The molecule has 8 rings (SSSR count). The van der Waals surface area contributed by atoms with E-state index in [-0.39, 0.29) is 46.2 Å². The van der Waals surface area contributed by atoms with Gasteiger partial charge >= 0.3 is 0 Å². The molecule has 1 saturated carbocycles. The van der Waals surface area contributed by atoms with Crippen molar-refractivity contribution in [3.8, 4) is 11.6 Å². The summed E-state index contributed by atoms with van der Waals surface area (Å²) in [6.07, 6.45) is 12.1.